The standard InChI is InChI=1S/C13H13N3O3S/c1-8-9(4-2-5-10(8)16(18)19)15-13(17)12(14)11-6-3-7-20-11/h2-7,12H,14H2,1H3,(H,15,17). The maximum Gasteiger partial charge on any atom is 0.274 e. The molecule has 0 bridgehead atoms. The van der Waals surface area contributed by atoms with E-state index in [0.29, 0.717) is 11.3 Å². The predicted molar refractivity (Wildman–Crippen MR) is 77.7 cm³/mol. The highest BCUT2D eigenvalue weighted by molar-refractivity contribution is 7.10. The molecule has 3 N–H and O–H groups in total. The van der Waals surface area contributed by atoms with Gasteiger partial charge >= 0.3 is 0 Å². The van der Waals surface area contributed by atoms with Crippen molar-refractivity contribution < 1.29 is 9.72 Å². The minimum absolute atomic E-state index is 0.0347. The summed E-state index contributed by atoms with van der Waals surface area (Å²) < 4.78 is 0. The quantitative estimate of drug-likeness (QED) is 0.668. The summed E-state index contributed by atoms with van der Waals surface area (Å²) in [4.78, 5) is 23.2. The number of carbonyl (C=O) groups is 1. The maximum absolute atomic E-state index is 12.0. The van der Waals surface area contributed by atoms with E-state index in [9.17, 15) is 14.9 Å². The zero-order valence-electron chi connectivity index (χ0n) is 10.7. The van der Waals surface area contributed by atoms with Gasteiger partial charge in [0.25, 0.3) is 5.69 Å². The van der Waals surface area contributed by atoms with Crippen molar-refractivity contribution in [2.24, 2.45) is 5.73 Å². The molecule has 1 atom stereocenters. The zero-order chi connectivity index (χ0) is 14.7. The Labute approximate surface area is 119 Å². The van der Waals surface area contributed by atoms with E-state index >= 15 is 0 Å². The number of hydrogen-bond donors (Lipinski definition) is 2. The fraction of sp³-hybridized carbons (Fsp3) is 0.154. The highest BCUT2D eigenvalue weighted by Gasteiger charge is 2.19. The van der Waals surface area contributed by atoms with E-state index in [4.69, 9.17) is 5.73 Å². The molecule has 0 saturated carbocycles. The summed E-state index contributed by atoms with van der Waals surface area (Å²) in [5, 5.41) is 15.3. The van der Waals surface area contributed by atoms with E-state index < -0.39 is 16.9 Å². The first kappa shape index (κ1) is 14.2. The van der Waals surface area contributed by atoms with Gasteiger partial charge in [-0.25, -0.2) is 0 Å². The van der Waals surface area contributed by atoms with Crippen molar-refractivity contribution in [2.45, 2.75) is 13.0 Å². The first-order chi connectivity index (χ1) is 9.50. The van der Waals surface area contributed by atoms with Gasteiger partial charge in [0.15, 0.2) is 0 Å². The van der Waals surface area contributed by atoms with Crippen molar-refractivity contribution in [3.05, 3.63) is 56.3 Å². The summed E-state index contributed by atoms with van der Waals surface area (Å²) >= 11 is 1.39. The molecule has 20 heavy (non-hydrogen) atoms. The van der Waals surface area contributed by atoms with Crippen LogP contribution in [0.1, 0.15) is 16.5 Å². The number of nitrogens with two attached hydrogens (primary N) is 1. The summed E-state index contributed by atoms with van der Waals surface area (Å²) in [6.45, 7) is 1.59. The third kappa shape index (κ3) is 2.84. The molecule has 1 aromatic carbocycles. The Hall–Kier alpha value is -2.25. The lowest BCUT2D eigenvalue weighted by Crippen LogP contribution is -2.27. The Kier molecular flexibility index (Phi) is 4.11. The second kappa shape index (κ2) is 5.81. The van der Waals surface area contributed by atoms with Crippen molar-refractivity contribution >= 4 is 28.6 Å². The van der Waals surface area contributed by atoms with E-state index in [2.05, 4.69) is 5.32 Å². The monoisotopic (exact) mass is 291 g/mol. The molecule has 0 fully saturated rings. The van der Waals surface area contributed by atoms with Gasteiger partial charge in [0.1, 0.15) is 6.04 Å². The van der Waals surface area contributed by atoms with E-state index in [-0.39, 0.29) is 5.69 Å². The molecule has 2 aromatic rings. The number of benzene rings is 1. The summed E-state index contributed by atoms with van der Waals surface area (Å²) in [6.07, 6.45) is 0. The summed E-state index contributed by atoms with van der Waals surface area (Å²) in [7, 11) is 0. The summed E-state index contributed by atoms with van der Waals surface area (Å²) in [5.41, 5.74) is 6.61. The van der Waals surface area contributed by atoms with Gasteiger partial charge in [-0.05, 0) is 24.4 Å². The molecule has 7 heteroatoms. The number of nitrogens with one attached hydrogen (secondary N) is 1. The third-order valence-electron chi connectivity index (χ3n) is 2.89. The average molecular weight is 291 g/mol. The second-order valence-electron chi connectivity index (χ2n) is 4.19. The molecule has 104 valence electrons. The Morgan fingerprint density at radius 1 is 1.40 bits per heavy atom. The van der Waals surface area contributed by atoms with Crippen LogP contribution in [0.15, 0.2) is 35.7 Å². The smallest absolute Gasteiger partial charge is 0.274 e. The highest BCUT2D eigenvalue weighted by Crippen LogP contribution is 2.26. The zero-order valence-corrected chi connectivity index (χ0v) is 11.5. The van der Waals surface area contributed by atoms with Gasteiger partial charge in [-0.1, -0.05) is 12.1 Å². The van der Waals surface area contributed by atoms with Crippen LogP contribution in [0, 0.1) is 17.0 Å². The Morgan fingerprint density at radius 2 is 2.15 bits per heavy atom. The fourth-order valence-electron chi connectivity index (χ4n) is 1.76. The van der Waals surface area contributed by atoms with Gasteiger partial charge in [-0.3, -0.25) is 14.9 Å². The van der Waals surface area contributed by atoms with Crippen molar-refractivity contribution in [2.75, 3.05) is 5.32 Å². The first-order valence-electron chi connectivity index (χ1n) is 5.84. The van der Waals surface area contributed by atoms with Crippen LogP contribution in [0.3, 0.4) is 0 Å². The first-order valence-corrected chi connectivity index (χ1v) is 6.72. The number of rotatable bonds is 4. The number of amides is 1. The number of thiophene rings is 1. The number of anilines is 1. The normalized spacial score (nSPS) is 11.9. The number of hydrogen-bond acceptors (Lipinski definition) is 5. The summed E-state index contributed by atoms with van der Waals surface area (Å²) in [5.74, 6) is -0.393. The SMILES string of the molecule is Cc1c(NC(=O)C(N)c2cccs2)cccc1[N+](=O)[O-]. The lowest BCUT2D eigenvalue weighted by atomic mass is 10.1. The van der Waals surface area contributed by atoms with E-state index in [1.165, 1.54) is 23.5 Å². The van der Waals surface area contributed by atoms with Crippen LogP contribution in [-0.4, -0.2) is 10.8 Å². The van der Waals surface area contributed by atoms with Gasteiger partial charge < -0.3 is 11.1 Å². The molecule has 0 saturated heterocycles. The molecule has 0 aliphatic heterocycles. The summed E-state index contributed by atoms with van der Waals surface area (Å²) in [6, 6.07) is 7.33. The van der Waals surface area contributed by atoms with Gasteiger partial charge in [-0.2, -0.15) is 0 Å². The molecule has 0 radical (unpaired) electrons. The van der Waals surface area contributed by atoms with Crippen LogP contribution >= 0.6 is 11.3 Å². The van der Waals surface area contributed by atoms with Crippen LogP contribution in [-0.2, 0) is 4.79 Å². The molecular weight excluding hydrogens is 278 g/mol. The van der Waals surface area contributed by atoms with Crippen LogP contribution < -0.4 is 11.1 Å². The third-order valence-corrected chi connectivity index (χ3v) is 3.85. The van der Waals surface area contributed by atoms with Gasteiger partial charge in [0, 0.05) is 10.9 Å². The van der Waals surface area contributed by atoms with E-state index in [1.807, 2.05) is 11.4 Å². The van der Waals surface area contributed by atoms with Crippen LogP contribution in [0.25, 0.3) is 0 Å². The molecule has 6 nitrogen and oxygen atoms in total. The number of nitro benzene ring substituents is 1. The van der Waals surface area contributed by atoms with Crippen molar-refractivity contribution in [3.63, 3.8) is 0 Å². The molecule has 1 unspecified atom stereocenters. The van der Waals surface area contributed by atoms with Crippen molar-refractivity contribution in [1.82, 2.24) is 0 Å². The largest absolute Gasteiger partial charge is 0.324 e. The lowest BCUT2D eigenvalue weighted by Gasteiger charge is -2.12. The molecule has 0 aliphatic rings. The van der Waals surface area contributed by atoms with Crippen LogP contribution in [0.2, 0.25) is 0 Å². The topological polar surface area (TPSA) is 98.3 Å². The second-order valence-corrected chi connectivity index (χ2v) is 5.17. The number of nitrogens with zero attached hydrogens (tertiary/aromatic N) is 1. The van der Waals surface area contributed by atoms with Crippen molar-refractivity contribution in [1.29, 1.82) is 0 Å². The molecule has 0 spiro atoms. The van der Waals surface area contributed by atoms with Crippen molar-refractivity contribution in [3.8, 4) is 0 Å². The minimum atomic E-state index is -0.784. The Bertz CT molecular complexity index is 640. The van der Waals surface area contributed by atoms with E-state index in [1.54, 1.807) is 19.1 Å². The molecule has 0 aliphatic carbocycles. The van der Waals surface area contributed by atoms with Crippen LogP contribution in [0.4, 0.5) is 11.4 Å². The minimum Gasteiger partial charge on any atom is -0.324 e. The predicted octanol–water partition coefficient (Wildman–Crippen LogP) is 2.60. The van der Waals surface area contributed by atoms with Gasteiger partial charge in [0.2, 0.25) is 5.91 Å². The highest BCUT2D eigenvalue weighted by atomic mass is 32.1. The molecule has 1 aromatic heterocycles. The fourth-order valence-corrected chi connectivity index (χ4v) is 2.49. The average Bonchev–Trinajstić information content (AvgIpc) is 2.93. The Balaban J connectivity index is 2.20. The number of carbonyl (C=O) groups excluding carboxylic acids is 1. The van der Waals surface area contributed by atoms with E-state index in [0.717, 1.165) is 4.88 Å². The van der Waals surface area contributed by atoms with Gasteiger partial charge in [0.05, 0.1) is 16.2 Å². The molecule has 2 rings (SSSR count). The maximum atomic E-state index is 12.0. The molecule has 1 amide bonds. The molecular formula is C13H13N3O3S. The Morgan fingerprint density at radius 3 is 2.75 bits per heavy atom. The number of nitro groups is 1. The molecule has 1 heterocycles. The van der Waals surface area contributed by atoms with Crippen LogP contribution in [0.5, 0.6) is 0 Å². The van der Waals surface area contributed by atoms with Gasteiger partial charge in [-0.15, -0.1) is 11.3 Å². The lowest BCUT2D eigenvalue weighted by molar-refractivity contribution is -0.385.